The van der Waals surface area contributed by atoms with Crippen molar-refractivity contribution in [2.24, 2.45) is 0 Å². The van der Waals surface area contributed by atoms with Crippen molar-refractivity contribution in [2.75, 3.05) is 13.6 Å². The minimum Gasteiger partial charge on any atom is -0.457 e. The zero-order valence-corrected chi connectivity index (χ0v) is 13.7. The molecule has 0 amide bonds. The van der Waals surface area contributed by atoms with Gasteiger partial charge in [-0.25, -0.2) is 4.79 Å². The highest BCUT2D eigenvalue weighted by molar-refractivity contribution is 5.83. The number of likely N-dealkylation sites (N-methyl/N-ethyl adjacent to an activating group) is 1. The van der Waals surface area contributed by atoms with E-state index in [1.165, 1.54) is 17.0 Å². The number of esters is 1. The molecule has 0 radical (unpaired) electrons. The number of rotatable bonds is 5. The Morgan fingerprint density at radius 1 is 1.32 bits per heavy atom. The van der Waals surface area contributed by atoms with E-state index in [2.05, 4.69) is 23.3 Å². The normalized spacial score (nSPS) is 12.0. The van der Waals surface area contributed by atoms with Gasteiger partial charge in [-0.15, -0.1) is 0 Å². The van der Waals surface area contributed by atoms with Crippen LogP contribution in [0.2, 0.25) is 0 Å². The highest BCUT2D eigenvalue weighted by Crippen LogP contribution is 2.18. The van der Waals surface area contributed by atoms with Crippen molar-refractivity contribution in [3.63, 3.8) is 0 Å². The molecule has 0 spiro atoms. The molecule has 0 saturated carbocycles. The summed E-state index contributed by atoms with van der Waals surface area (Å²) in [6, 6.07) is 8.27. The number of benzene rings is 1. The number of carbonyl (C=O) groups is 1. The fourth-order valence-electron chi connectivity index (χ4n) is 2.23. The third-order valence-corrected chi connectivity index (χ3v) is 3.28. The molecule has 0 bridgehead atoms. The number of fused-ring (bicyclic) bond motifs is 1. The quantitative estimate of drug-likeness (QED) is 0.679. The molecule has 2 rings (SSSR count). The molecule has 0 aliphatic rings. The molecule has 0 unspecified atom stereocenters. The summed E-state index contributed by atoms with van der Waals surface area (Å²) in [5, 5.41) is 1.26. The van der Waals surface area contributed by atoms with E-state index in [0.717, 1.165) is 18.5 Å². The Labute approximate surface area is 131 Å². The summed E-state index contributed by atoms with van der Waals surface area (Å²) < 4.78 is 5.24. The minimum atomic E-state index is -0.454. The van der Waals surface area contributed by atoms with Crippen molar-refractivity contribution in [2.45, 2.75) is 32.8 Å². The molecule has 1 heterocycles. The lowest BCUT2D eigenvalue weighted by Gasteiger charge is -2.18. The number of nitrogens with zero attached hydrogens (tertiary/aromatic N) is 1. The second-order valence-electron chi connectivity index (χ2n) is 6.44. The lowest BCUT2D eigenvalue weighted by Crippen LogP contribution is -2.23. The molecule has 0 atom stereocenters. The number of H-pyrrole nitrogens is 1. The van der Waals surface area contributed by atoms with Gasteiger partial charge in [-0.1, -0.05) is 18.2 Å². The molecule has 1 N–H and O–H groups in total. The molecular weight excluding hydrogens is 276 g/mol. The van der Waals surface area contributed by atoms with E-state index in [0.29, 0.717) is 0 Å². The average molecular weight is 300 g/mol. The van der Waals surface area contributed by atoms with Gasteiger partial charge in [-0.05, 0) is 38.8 Å². The van der Waals surface area contributed by atoms with Crippen LogP contribution in [0.15, 0.2) is 42.7 Å². The number of para-hydroxylation sites is 1. The van der Waals surface area contributed by atoms with Crippen molar-refractivity contribution in [1.29, 1.82) is 0 Å². The van der Waals surface area contributed by atoms with Gasteiger partial charge in [0.15, 0.2) is 0 Å². The van der Waals surface area contributed by atoms with Crippen LogP contribution >= 0.6 is 0 Å². The lowest BCUT2D eigenvalue weighted by molar-refractivity contribution is -0.148. The summed E-state index contributed by atoms with van der Waals surface area (Å²) in [6.45, 7) is 6.42. The second-order valence-corrected chi connectivity index (χ2v) is 6.44. The van der Waals surface area contributed by atoms with Crippen molar-refractivity contribution in [1.82, 2.24) is 9.88 Å². The first-order valence-corrected chi connectivity index (χ1v) is 7.51. The Morgan fingerprint density at radius 2 is 2.05 bits per heavy atom. The average Bonchev–Trinajstić information content (AvgIpc) is 2.84. The van der Waals surface area contributed by atoms with Gasteiger partial charge in [0.1, 0.15) is 5.60 Å². The van der Waals surface area contributed by atoms with E-state index >= 15 is 0 Å². The fraction of sp³-hybridized carbons (Fsp3) is 0.389. The molecule has 0 saturated heterocycles. The third kappa shape index (κ3) is 4.65. The summed E-state index contributed by atoms with van der Waals surface area (Å²) >= 11 is 0. The number of aromatic nitrogens is 1. The minimum absolute atomic E-state index is 0.313. The van der Waals surface area contributed by atoms with Crippen LogP contribution in [0, 0.1) is 0 Å². The third-order valence-electron chi connectivity index (χ3n) is 3.28. The summed E-state index contributed by atoms with van der Waals surface area (Å²) in [5.41, 5.74) is 1.99. The molecular formula is C18H24N2O2. The van der Waals surface area contributed by atoms with E-state index in [1.54, 1.807) is 6.20 Å². The maximum Gasteiger partial charge on any atom is 0.332 e. The Morgan fingerprint density at radius 3 is 2.77 bits per heavy atom. The van der Waals surface area contributed by atoms with E-state index in [9.17, 15) is 4.79 Å². The smallest absolute Gasteiger partial charge is 0.332 e. The predicted molar refractivity (Wildman–Crippen MR) is 89.6 cm³/mol. The standard InChI is InChI=1S/C18H24N2O2/c1-18(2,3)22-17(21)10-12-20(4)11-9-14-13-19-16-8-6-5-7-15(14)16/h5-8,10,12-13,19H,9,11H2,1-4H3/b12-10+. The first-order valence-electron chi connectivity index (χ1n) is 7.51. The first-order chi connectivity index (χ1) is 10.3. The number of hydrogen-bond acceptors (Lipinski definition) is 3. The van der Waals surface area contributed by atoms with E-state index in [4.69, 9.17) is 4.74 Å². The van der Waals surface area contributed by atoms with Gasteiger partial charge >= 0.3 is 5.97 Å². The molecule has 1 aromatic heterocycles. The summed E-state index contributed by atoms with van der Waals surface area (Å²) in [4.78, 5) is 16.9. The van der Waals surface area contributed by atoms with Crippen LogP contribution in [0.25, 0.3) is 10.9 Å². The van der Waals surface area contributed by atoms with Crippen LogP contribution in [0.4, 0.5) is 0 Å². The van der Waals surface area contributed by atoms with Gasteiger partial charge in [0.25, 0.3) is 0 Å². The van der Waals surface area contributed by atoms with Crippen LogP contribution in [-0.4, -0.2) is 35.0 Å². The van der Waals surface area contributed by atoms with E-state index < -0.39 is 5.60 Å². The van der Waals surface area contributed by atoms with Crippen LogP contribution in [0.1, 0.15) is 26.3 Å². The van der Waals surface area contributed by atoms with Crippen LogP contribution in [0.3, 0.4) is 0 Å². The number of nitrogens with one attached hydrogen (secondary N) is 1. The molecule has 0 aliphatic heterocycles. The SMILES string of the molecule is CN(/C=C/C(=O)OC(C)(C)C)CCc1c[nH]c2ccccc12. The molecule has 0 fully saturated rings. The Kier molecular flexibility index (Phi) is 4.91. The largest absolute Gasteiger partial charge is 0.457 e. The maximum atomic E-state index is 11.6. The summed E-state index contributed by atoms with van der Waals surface area (Å²) in [7, 11) is 1.95. The molecule has 2 aromatic rings. The zero-order chi connectivity index (χ0) is 16.2. The van der Waals surface area contributed by atoms with Crippen LogP contribution in [0.5, 0.6) is 0 Å². The molecule has 4 heteroatoms. The van der Waals surface area contributed by atoms with Crippen molar-refractivity contribution in [3.05, 3.63) is 48.3 Å². The van der Waals surface area contributed by atoms with E-state index in [1.807, 2.05) is 44.9 Å². The number of hydrogen-bond donors (Lipinski definition) is 1. The first kappa shape index (κ1) is 16.1. The summed E-state index contributed by atoms with van der Waals surface area (Å²) in [5.74, 6) is -0.313. The van der Waals surface area contributed by atoms with Crippen molar-refractivity contribution in [3.8, 4) is 0 Å². The Hall–Kier alpha value is -2.23. The Balaban J connectivity index is 1.87. The predicted octanol–water partition coefficient (Wildman–Crippen LogP) is 3.50. The number of ether oxygens (including phenoxy) is 1. The summed E-state index contributed by atoms with van der Waals surface area (Å²) in [6.07, 6.45) is 6.21. The monoisotopic (exact) mass is 300 g/mol. The van der Waals surface area contributed by atoms with Gasteiger partial charge in [0.2, 0.25) is 0 Å². The van der Waals surface area contributed by atoms with Gasteiger partial charge < -0.3 is 14.6 Å². The van der Waals surface area contributed by atoms with Gasteiger partial charge in [-0.2, -0.15) is 0 Å². The molecule has 1 aromatic carbocycles. The van der Waals surface area contributed by atoms with Gasteiger partial charge in [-0.3, -0.25) is 0 Å². The van der Waals surface area contributed by atoms with Gasteiger partial charge in [0, 0.05) is 43.0 Å². The lowest BCUT2D eigenvalue weighted by atomic mass is 10.1. The van der Waals surface area contributed by atoms with Gasteiger partial charge in [0.05, 0.1) is 0 Å². The molecule has 22 heavy (non-hydrogen) atoms. The highest BCUT2D eigenvalue weighted by atomic mass is 16.6. The fourth-order valence-corrected chi connectivity index (χ4v) is 2.23. The number of carbonyl (C=O) groups excluding carboxylic acids is 1. The topological polar surface area (TPSA) is 45.3 Å². The van der Waals surface area contributed by atoms with Crippen molar-refractivity contribution >= 4 is 16.9 Å². The second kappa shape index (κ2) is 6.69. The van der Waals surface area contributed by atoms with Crippen LogP contribution < -0.4 is 0 Å². The molecule has 0 aliphatic carbocycles. The maximum absolute atomic E-state index is 11.6. The number of aromatic amines is 1. The van der Waals surface area contributed by atoms with Crippen molar-refractivity contribution < 1.29 is 9.53 Å². The molecule has 118 valence electrons. The van der Waals surface area contributed by atoms with E-state index in [-0.39, 0.29) is 5.97 Å². The molecule has 4 nitrogen and oxygen atoms in total. The van der Waals surface area contributed by atoms with Crippen LogP contribution in [-0.2, 0) is 16.0 Å². The highest BCUT2D eigenvalue weighted by Gasteiger charge is 2.14. The zero-order valence-electron chi connectivity index (χ0n) is 13.7. The Bertz CT molecular complexity index is 665.